The van der Waals surface area contributed by atoms with Crippen molar-refractivity contribution in [3.63, 3.8) is 0 Å². The molecule has 0 aliphatic rings. The first kappa shape index (κ1) is 41.5. The van der Waals surface area contributed by atoms with Crippen LogP contribution in [0.15, 0.2) is 66.7 Å². The molecule has 0 bridgehead atoms. The van der Waals surface area contributed by atoms with Crippen LogP contribution in [0.2, 0.25) is 0 Å². The summed E-state index contributed by atoms with van der Waals surface area (Å²) in [4.78, 5) is 34.7. The molecule has 0 aromatic heterocycles. The molecule has 250 valence electrons. The zero-order valence-electron chi connectivity index (χ0n) is 27.3. The molecule has 0 fully saturated rings. The van der Waals surface area contributed by atoms with Gasteiger partial charge < -0.3 is 41.2 Å². The lowest BCUT2D eigenvalue weighted by Crippen LogP contribution is -2.40. The number of hydrogen-bond donors (Lipinski definition) is 3. The lowest BCUT2D eigenvalue weighted by molar-refractivity contribution is -0.342. The Hall–Kier alpha value is -2.52. The lowest BCUT2D eigenvalue weighted by Gasteiger charge is -2.31. The van der Waals surface area contributed by atoms with Crippen LogP contribution < -0.4 is 32.1 Å². The molecule has 2 aromatic carbocycles. The van der Waals surface area contributed by atoms with Crippen molar-refractivity contribution in [2.75, 3.05) is 6.61 Å². The molecule has 0 aliphatic heterocycles. The van der Waals surface area contributed by atoms with Gasteiger partial charge in [0.2, 0.25) is 5.91 Å². The minimum Gasteiger partial charge on any atom is -0.790 e. The Kier molecular flexibility index (Phi) is 24.3. The summed E-state index contributed by atoms with van der Waals surface area (Å²) in [6.45, 7) is 2.30. The van der Waals surface area contributed by atoms with Crippen LogP contribution in [-0.4, -0.2) is 18.6 Å². The van der Waals surface area contributed by atoms with Gasteiger partial charge in [-0.1, -0.05) is 113 Å². The lowest BCUT2D eigenvalue weighted by atomic mass is 10.1. The number of quaternary nitrogens is 2. The third-order valence-electron chi connectivity index (χ3n) is 7.12. The van der Waals surface area contributed by atoms with E-state index in [1.54, 1.807) is 0 Å². The molecule has 1 amide bonds. The minimum atomic E-state index is -5.14. The Morgan fingerprint density at radius 2 is 1.36 bits per heavy atom. The number of nitrogens with one attached hydrogen (secondary N) is 1. The summed E-state index contributed by atoms with van der Waals surface area (Å²) in [6, 6.07) is 16.6. The molecule has 44 heavy (non-hydrogen) atoms. The molecule has 2 rings (SSSR count). The maximum atomic E-state index is 12.6. The topological polar surface area (TPSA) is 184 Å². The van der Waals surface area contributed by atoms with Crippen LogP contribution >= 0.6 is 7.82 Å². The molecule has 9 N–H and O–H groups in total. The largest absolute Gasteiger partial charge is 0.790 e. The number of carbonyl (C=O) groups is 1. The molecule has 0 heterocycles. The van der Waals surface area contributed by atoms with Crippen LogP contribution in [0, 0.1) is 0 Å². The van der Waals surface area contributed by atoms with Gasteiger partial charge in [0.15, 0.2) is 0 Å². The average Bonchev–Trinajstić information content (AvgIpc) is 2.97. The highest BCUT2D eigenvalue weighted by Gasteiger charge is 2.14. The SMILES string of the molecule is CCCCCCCCC=CCCCCCCCC(=O)NC(COP(=O)([O-])[O-])Cc1ccc(OCc2ccccc2)cc1.[NH4+].[NH4+]. The fourth-order valence-corrected chi connectivity index (χ4v) is 5.10. The first-order valence-corrected chi connectivity index (χ1v) is 17.2. The number of rotatable bonds is 24. The van der Waals surface area contributed by atoms with E-state index in [9.17, 15) is 19.1 Å². The van der Waals surface area contributed by atoms with E-state index >= 15 is 0 Å². The molecule has 0 saturated carbocycles. The van der Waals surface area contributed by atoms with E-state index in [-0.39, 0.29) is 18.2 Å². The van der Waals surface area contributed by atoms with Gasteiger partial charge in [-0.15, -0.1) is 0 Å². The van der Waals surface area contributed by atoms with Gasteiger partial charge in [-0.05, 0) is 61.8 Å². The fraction of sp³-hybridized carbons (Fsp3) is 0.559. The van der Waals surface area contributed by atoms with Gasteiger partial charge in [-0.3, -0.25) is 4.79 Å². The normalized spacial score (nSPS) is 11.9. The standard InChI is InChI=1S/C34H52NO6P.2H3N/c1-2-3-4-5-6-7-8-9-10-11-12-13-14-15-19-22-34(36)35-32(29-41-42(37,38)39)27-30-23-25-33(26-24-30)40-28-31-20-17-16-18-21-31;;/h9-10,16-18,20-21,23-26,32H,2-8,11-15,19,22,27-29H2,1H3,(H,35,36)(H2,37,38,39);2*1H3. The van der Waals surface area contributed by atoms with Crippen molar-refractivity contribution < 1.29 is 28.4 Å². The van der Waals surface area contributed by atoms with E-state index in [4.69, 9.17) is 4.74 Å². The van der Waals surface area contributed by atoms with Gasteiger partial charge in [-0.2, -0.15) is 0 Å². The van der Waals surface area contributed by atoms with Crippen LogP contribution in [-0.2, 0) is 26.9 Å². The molecule has 1 unspecified atom stereocenters. The summed E-state index contributed by atoms with van der Waals surface area (Å²) in [5, 5.41) is 2.85. The smallest absolute Gasteiger partial charge is 0.220 e. The molecule has 0 radical (unpaired) electrons. The van der Waals surface area contributed by atoms with Crippen molar-refractivity contribution in [3.05, 3.63) is 77.9 Å². The highest BCUT2D eigenvalue weighted by atomic mass is 31.2. The molecule has 1 atom stereocenters. The summed E-state index contributed by atoms with van der Waals surface area (Å²) in [7, 11) is -5.14. The maximum Gasteiger partial charge on any atom is 0.220 e. The maximum absolute atomic E-state index is 12.6. The Bertz CT molecular complexity index is 1050. The highest BCUT2D eigenvalue weighted by Crippen LogP contribution is 2.25. The third-order valence-corrected chi connectivity index (χ3v) is 7.58. The first-order valence-electron chi connectivity index (χ1n) is 15.7. The number of phosphoric acid groups is 1. The summed E-state index contributed by atoms with van der Waals surface area (Å²) >= 11 is 0. The van der Waals surface area contributed by atoms with Crippen molar-refractivity contribution in [2.24, 2.45) is 0 Å². The molecule has 0 saturated heterocycles. The predicted molar refractivity (Wildman–Crippen MR) is 178 cm³/mol. The highest BCUT2D eigenvalue weighted by molar-refractivity contribution is 7.43. The molecule has 10 heteroatoms. The monoisotopic (exact) mass is 635 g/mol. The Labute approximate surface area is 265 Å². The Balaban J connectivity index is 0.00000924. The number of phosphoric ester groups is 1. The van der Waals surface area contributed by atoms with Crippen molar-refractivity contribution in [1.29, 1.82) is 0 Å². The Morgan fingerprint density at radius 3 is 1.95 bits per heavy atom. The van der Waals surface area contributed by atoms with Gasteiger partial charge in [0.25, 0.3) is 0 Å². The van der Waals surface area contributed by atoms with E-state index in [0.29, 0.717) is 25.2 Å². The van der Waals surface area contributed by atoms with E-state index in [2.05, 4.69) is 28.9 Å². The fourth-order valence-electron chi connectivity index (χ4n) is 4.74. The molecule has 0 spiro atoms. The van der Waals surface area contributed by atoms with E-state index in [1.807, 2.05) is 54.6 Å². The molecular weight excluding hydrogens is 577 g/mol. The molecule has 9 nitrogen and oxygen atoms in total. The van der Waals surface area contributed by atoms with Gasteiger partial charge >= 0.3 is 0 Å². The van der Waals surface area contributed by atoms with Gasteiger partial charge in [0.1, 0.15) is 12.4 Å². The van der Waals surface area contributed by atoms with Crippen LogP contribution in [0.5, 0.6) is 5.75 Å². The summed E-state index contributed by atoms with van der Waals surface area (Å²) < 4.78 is 21.4. The molecule has 0 aliphatic carbocycles. The van der Waals surface area contributed by atoms with Crippen LogP contribution in [0.4, 0.5) is 0 Å². The van der Waals surface area contributed by atoms with Crippen molar-refractivity contribution >= 4 is 13.7 Å². The van der Waals surface area contributed by atoms with E-state index < -0.39 is 20.5 Å². The van der Waals surface area contributed by atoms with Crippen molar-refractivity contribution in [2.45, 2.75) is 116 Å². The van der Waals surface area contributed by atoms with Crippen molar-refractivity contribution in [1.82, 2.24) is 17.6 Å². The predicted octanol–water partition coefficient (Wildman–Crippen LogP) is 7.93. The number of amides is 1. The second-order valence-corrected chi connectivity index (χ2v) is 12.1. The second kappa shape index (κ2) is 25.8. The zero-order chi connectivity index (χ0) is 30.3. The third kappa shape index (κ3) is 22.1. The number of ether oxygens (including phenoxy) is 1. The number of hydrogen-bond acceptors (Lipinski definition) is 6. The first-order chi connectivity index (χ1) is 20.4. The number of carbonyl (C=O) groups excluding carboxylic acids is 1. The second-order valence-electron chi connectivity index (χ2n) is 11.0. The van der Waals surface area contributed by atoms with Gasteiger partial charge in [0.05, 0.1) is 20.5 Å². The van der Waals surface area contributed by atoms with Gasteiger partial charge in [0, 0.05) is 6.42 Å². The van der Waals surface area contributed by atoms with E-state index in [1.165, 1.54) is 51.4 Å². The zero-order valence-corrected chi connectivity index (χ0v) is 28.2. The van der Waals surface area contributed by atoms with Crippen LogP contribution in [0.25, 0.3) is 0 Å². The molecular formula is C34H58N3O6P. The summed E-state index contributed by atoms with van der Waals surface area (Å²) in [5.74, 6) is 0.530. The number of benzene rings is 2. The molecule has 2 aromatic rings. The van der Waals surface area contributed by atoms with Crippen LogP contribution in [0.1, 0.15) is 108 Å². The van der Waals surface area contributed by atoms with E-state index in [0.717, 1.165) is 43.2 Å². The van der Waals surface area contributed by atoms with Gasteiger partial charge in [-0.25, -0.2) is 0 Å². The average molecular weight is 636 g/mol. The Morgan fingerprint density at radius 1 is 0.795 bits per heavy atom. The van der Waals surface area contributed by atoms with Crippen LogP contribution in [0.3, 0.4) is 0 Å². The van der Waals surface area contributed by atoms with Crippen molar-refractivity contribution in [3.8, 4) is 5.75 Å². The quantitative estimate of drug-likeness (QED) is 0.0597. The summed E-state index contributed by atoms with van der Waals surface area (Å²) in [5.41, 5.74) is 1.93. The summed E-state index contributed by atoms with van der Waals surface area (Å²) in [6.07, 6.45) is 20.7. The number of allylic oxidation sites excluding steroid dienone is 2. The number of unbranched alkanes of at least 4 members (excludes halogenated alkanes) is 11. The minimum absolute atomic E-state index is 0.